The number of nitrogens with one attached hydrogen (secondary N) is 2. The monoisotopic (exact) mass is 412 g/mol. The van der Waals surface area contributed by atoms with Gasteiger partial charge in [-0.3, -0.25) is 0 Å². The third-order valence-electron chi connectivity index (χ3n) is 3.25. The summed E-state index contributed by atoms with van der Waals surface area (Å²) < 4.78 is 28.3. The van der Waals surface area contributed by atoms with Crippen molar-refractivity contribution in [3.05, 3.63) is 14.7 Å². The van der Waals surface area contributed by atoms with E-state index < -0.39 is 10.0 Å². The van der Waals surface area contributed by atoms with Gasteiger partial charge < -0.3 is 5.32 Å². The second kappa shape index (κ2) is 7.79. The van der Waals surface area contributed by atoms with Gasteiger partial charge in [-0.1, -0.05) is 0 Å². The van der Waals surface area contributed by atoms with Gasteiger partial charge in [0.05, 0.1) is 3.79 Å². The van der Waals surface area contributed by atoms with Crippen molar-refractivity contribution in [3.63, 3.8) is 0 Å². The van der Waals surface area contributed by atoms with E-state index in [4.69, 9.17) is 0 Å². The molecule has 0 aromatic carbocycles. The fourth-order valence-electron chi connectivity index (χ4n) is 1.88. The molecule has 0 amide bonds. The van der Waals surface area contributed by atoms with E-state index in [0.29, 0.717) is 14.7 Å². The highest BCUT2D eigenvalue weighted by molar-refractivity contribution is 9.11. The number of sulfonamides is 1. The summed E-state index contributed by atoms with van der Waals surface area (Å²) in [5.74, 6) is 0.949. The van der Waals surface area contributed by atoms with Gasteiger partial charge in [-0.2, -0.15) is 11.8 Å². The van der Waals surface area contributed by atoms with E-state index in [1.54, 1.807) is 17.8 Å². The molecule has 1 fully saturated rings. The van der Waals surface area contributed by atoms with Crippen LogP contribution in [0.25, 0.3) is 0 Å². The molecule has 0 radical (unpaired) electrons. The summed E-state index contributed by atoms with van der Waals surface area (Å²) in [4.78, 5) is 1.40. The first kappa shape index (κ1) is 17.7. The van der Waals surface area contributed by atoms with Crippen LogP contribution in [0.15, 0.2) is 14.7 Å². The Labute approximate surface area is 143 Å². The van der Waals surface area contributed by atoms with Gasteiger partial charge >= 0.3 is 0 Å². The van der Waals surface area contributed by atoms with Crippen LogP contribution in [0.2, 0.25) is 0 Å². The van der Waals surface area contributed by atoms with Crippen LogP contribution in [0.3, 0.4) is 0 Å². The largest absolute Gasteiger partial charge is 0.309 e. The molecule has 120 valence electrons. The van der Waals surface area contributed by atoms with Crippen LogP contribution >= 0.6 is 39.0 Å². The van der Waals surface area contributed by atoms with Crippen LogP contribution in [-0.2, 0) is 16.6 Å². The molecule has 0 saturated heterocycles. The number of halogens is 1. The summed E-state index contributed by atoms with van der Waals surface area (Å²) in [5.41, 5.74) is 0. The Bertz CT molecular complexity index is 570. The van der Waals surface area contributed by atoms with Gasteiger partial charge in [-0.05, 0) is 60.2 Å². The molecular formula is C13H21BrN2O2S3. The zero-order chi connectivity index (χ0) is 15.5. The van der Waals surface area contributed by atoms with E-state index >= 15 is 0 Å². The molecule has 1 unspecified atom stereocenters. The Hall–Kier alpha value is 0.400. The Morgan fingerprint density at radius 1 is 1.52 bits per heavy atom. The predicted octanol–water partition coefficient (Wildman–Crippen LogP) is 3.18. The Morgan fingerprint density at radius 3 is 2.86 bits per heavy atom. The van der Waals surface area contributed by atoms with Gasteiger partial charge in [0, 0.05) is 23.5 Å². The Morgan fingerprint density at radius 2 is 2.24 bits per heavy atom. The van der Waals surface area contributed by atoms with Crippen molar-refractivity contribution in [3.8, 4) is 0 Å². The SMILES string of the molecule is CSCCC(C)NS(=O)(=O)c1cc(CNC2CC2)sc1Br. The van der Waals surface area contributed by atoms with E-state index in [0.717, 1.165) is 23.6 Å². The van der Waals surface area contributed by atoms with Gasteiger partial charge in [-0.25, -0.2) is 13.1 Å². The summed E-state index contributed by atoms with van der Waals surface area (Å²) in [6.07, 6.45) is 5.31. The van der Waals surface area contributed by atoms with Crippen LogP contribution in [0, 0.1) is 0 Å². The maximum Gasteiger partial charge on any atom is 0.242 e. The minimum atomic E-state index is -3.45. The number of thiophene rings is 1. The van der Waals surface area contributed by atoms with Crippen LogP contribution in [-0.4, -0.2) is 32.5 Å². The molecule has 21 heavy (non-hydrogen) atoms. The highest BCUT2D eigenvalue weighted by atomic mass is 79.9. The van der Waals surface area contributed by atoms with Crippen molar-refractivity contribution < 1.29 is 8.42 Å². The molecule has 2 N–H and O–H groups in total. The molecule has 1 aromatic heterocycles. The van der Waals surface area contributed by atoms with Gasteiger partial charge in [0.1, 0.15) is 4.90 Å². The van der Waals surface area contributed by atoms with Crippen molar-refractivity contribution in [1.82, 2.24) is 10.0 Å². The standard InChI is InChI=1S/C13H21BrN2O2S3/c1-9(5-6-19-2)16-21(17,18)12-7-11(20-13(12)14)8-15-10-3-4-10/h7,9-10,15-16H,3-6,8H2,1-2H3. The van der Waals surface area contributed by atoms with E-state index in [-0.39, 0.29) is 6.04 Å². The molecule has 2 rings (SSSR count). The van der Waals surface area contributed by atoms with Gasteiger partial charge in [0.2, 0.25) is 10.0 Å². The molecule has 8 heteroatoms. The summed E-state index contributed by atoms with van der Waals surface area (Å²) in [6, 6.07) is 2.34. The summed E-state index contributed by atoms with van der Waals surface area (Å²) >= 11 is 6.60. The third kappa shape index (κ3) is 5.51. The van der Waals surface area contributed by atoms with Crippen molar-refractivity contribution in [1.29, 1.82) is 0 Å². The minimum Gasteiger partial charge on any atom is -0.309 e. The van der Waals surface area contributed by atoms with Crippen LogP contribution in [0.1, 0.15) is 31.1 Å². The van der Waals surface area contributed by atoms with Crippen molar-refractivity contribution in [2.45, 2.75) is 49.7 Å². The van der Waals surface area contributed by atoms with E-state index in [1.165, 1.54) is 24.2 Å². The van der Waals surface area contributed by atoms with Crippen molar-refractivity contribution >= 4 is 49.1 Å². The lowest BCUT2D eigenvalue weighted by Gasteiger charge is -2.13. The molecule has 1 aromatic rings. The Balaban J connectivity index is 2.00. The molecule has 0 aliphatic heterocycles. The molecule has 0 spiro atoms. The number of thioether (sulfide) groups is 1. The van der Waals surface area contributed by atoms with Gasteiger partial charge in [0.15, 0.2) is 0 Å². The lowest BCUT2D eigenvalue weighted by Crippen LogP contribution is -2.32. The van der Waals surface area contributed by atoms with E-state index in [1.807, 2.05) is 13.2 Å². The molecule has 1 aliphatic rings. The third-order valence-corrected chi connectivity index (χ3v) is 7.74. The quantitative estimate of drug-likeness (QED) is 0.653. The highest BCUT2D eigenvalue weighted by Gasteiger charge is 2.24. The zero-order valence-electron chi connectivity index (χ0n) is 12.2. The average molecular weight is 413 g/mol. The minimum absolute atomic E-state index is 0.0534. The summed E-state index contributed by atoms with van der Waals surface area (Å²) in [7, 11) is -3.45. The van der Waals surface area contributed by atoms with Crippen molar-refractivity contribution in [2.75, 3.05) is 12.0 Å². The Kier molecular flexibility index (Phi) is 6.58. The first-order chi connectivity index (χ1) is 9.92. The van der Waals surface area contributed by atoms with Gasteiger partial charge in [-0.15, -0.1) is 11.3 Å². The molecule has 1 atom stereocenters. The second-order valence-electron chi connectivity index (χ2n) is 5.31. The normalized spacial score (nSPS) is 17.1. The fourth-order valence-corrected chi connectivity index (χ4v) is 6.38. The average Bonchev–Trinajstić information content (AvgIpc) is 3.15. The number of hydrogen-bond acceptors (Lipinski definition) is 5. The maximum atomic E-state index is 12.4. The molecule has 0 bridgehead atoms. The summed E-state index contributed by atoms with van der Waals surface area (Å²) in [5, 5.41) is 3.41. The predicted molar refractivity (Wildman–Crippen MR) is 94.7 cm³/mol. The first-order valence-electron chi connectivity index (χ1n) is 6.95. The van der Waals surface area contributed by atoms with Crippen LogP contribution < -0.4 is 10.0 Å². The molecular weight excluding hydrogens is 392 g/mol. The molecule has 1 heterocycles. The molecule has 1 saturated carbocycles. The van der Waals surface area contributed by atoms with E-state index in [2.05, 4.69) is 26.0 Å². The fraction of sp³-hybridized carbons (Fsp3) is 0.692. The first-order valence-corrected chi connectivity index (χ1v) is 11.4. The maximum absolute atomic E-state index is 12.4. The van der Waals surface area contributed by atoms with E-state index in [9.17, 15) is 8.42 Å². The van der Waals surface area contributed by atoms with Gasteiger partial charge in [0.25, 0.3) is 0 Å². The molecule has 4 nitrogen and oxygen atoms in total. The highest BCUT2D eigenvalue weighted by Crippen LogP contribution is 2.32. The zero-order valence-corrected chi connectivity index (χ0v) is 16.2. The lowest BCUT2D eigenvalue weighted by molar-refractivity contribution is 0.557. The number of hydrogen-bond donors (Lipinski definition) is 2. The number of rotatable bonds is 9. The smallest absolute Gasteiger partial charge is 0.242 e. The second-order valence-corrected chi connectivity index (χ2v) is 10.4. The van der Waals surface area contributed by atoms with Crippen molar-refractivity contribution in [2.24, 2.45) is 0 Å². The van der Waals surface area contributed by atoms with Crippen LogP contribution in [0.4, 0.5) is 0 Å². The summed E-state index contributed by atoms with van der Waals surface area (Å²) in [6.45, 7) is 2.65. The molecule has 1 aliphatic carbocycles. The van der Waals surface area contributed by atoms with Crippen LogP contribution in [0.5, 0.6) is 0 Å². The topological polar surface area (TPSA) is 58.2 Å². The lowest BCUT2D eigenvalue weighted by atomic mass is 10.3.